The Morgan fingerprint density at radius 1 is 1.35 bits per heavy atom. The van der Waals surface area contributed by atoms with Gasteiger partial charge in [0, 0.05) is 10.6 Å². The zero-order chi connectivity index (χ0) is 12.5. The number of hydrogen-bond acceptors (Lipinski definition) is 4. The number of carboxylic acids is 1. The molecule has 1 heterocycles. The highest BCUT2D eigenvalue weighted by Gasteiger charge is 2.34. The summed E-state index contributed by atoms with van der Waals surface area (Å²) in [6.07, 6.45) is -0.542. The highest BCUT2D eigenvalue weighted by Crippen LogP contribution is 2.31. The fraction of sp³-hybridized carbons (Fsp3) is 0.417. The lowest BCUT2D eigenvalue weighted by atomic mass is 9.92. The summed E-state index contributed by atoms with van der Waals surface area (Å²) in [5.41, 5.74) is -0.266. The van der Waals surface area contributed by atoms with Gasteiger partial charge in [0.05, 0.1) is 24.6 Å². The summed E-state index contributed by atoms with van der Waals surface area (Å²) in [5, 5.41) is 11.5. The minimum atomic E-state index is -1.16. The van der Waals surface area contributed by atoms with Crippen molar-refractivity contribution in [2.24, 2.45) is 5.41 Å². The van der Waals surface area contributed by atoms with Crippen LogP contribution in [0.2, 0.25) is 5.02 Å². The first kappa shape index (κ1) is 12.4. The van der Waals surface area contributed by atoms with Crippen molar-refractivity contribution in [1.82, 2.24) is 0 Å². The lowest BCUT2D eigenvalue weighted by Crippen LogP contribution is -2.49. The van der Waals surface area contributed by atoms with Crippen molar-refractivity contribution in [2.75, 3.05) is 13.2 Å². The molecule has 0 spiro atoms. The molecule has 0 atom stereocenters. The maximum absolute atomic E-state index is 10.9. The van der Waals surface area contributed by atoms with Crippen LogP contribution in [0.3, 0.4) is 0 Å². The third-order valence-corrected chi connectivity index (χ3v) is 2.99. The van der Waals surface area contributed by atoms with Crippen LogP contribution in [0.4, 0.5) is 0 Å². The Bertz CT molecular complexity index is 407. The molecular weight excluding hydrogens is 244 g/mol. The van der Waals surface area contributed by atoms with Gasteiger partial charge < -0.3 is 19.4 Å². The molecule has 0 radical (unpaired) electrons. The molecule has 1 saturated heterocycles. The van der Waals surface area contributed by atoms with E-state index in [0.717, 1.165) is 5.56 Å². The minimum absolute atomic E-state index is 0.0721. The standard InChI is InChI=1S/C12H13ClO4/c1-12(11(14)15)6-16-10(17-7-12)8-2-4-9(13)5-3-8/h2-5,10H,6-7H2,1H3,(H,14,15)/p-1. The Kier molecular flexibility index (Phi) is 3.38. The number of carbonyl (C=O) groups is 1. The van der Waals surface area contributed by atoms with Gasteiger partial charge in [0.15, 0.2) is 6.29 Å². The third kappa shape index (κ3) is 2.60. The molecule has 0 N–H and O–H groups in total. The van der Waals surface area contributed by atoms with Crippen LogP contribution in [0.25, 0.3) is 0 Å². The Morgan fingerprint density at radius 3 is 2.35 bits per heavy atom. The molecule has 1 aromatic rings. The molecule has 2 rings (SSSR count). The molecular formula is C12H12ClO4-. The van der Waals surface area contributed by atoms with Crippen molar-refractivity contribution in [3.05, 3.63) is 34.9 Å². The highest BCUT2D eigenvalue weighted by atomic mass is 35.5. The van der Waals surface area contributed by atoms with Crippen molar-refractivity contribution >= 4 is 17.6 Å². The van der Waals surface area contributed by atoms with E-state index in [1.54, 1.807) is 31.2 Å². The van der Waals surface area contributed by atoms with Crippen molar-refractivity contribution in [1.29, 1.82) is 0 Å². The SMILES string of the molecule is CC1(C(=O)[O-])COC(c2ccc(Cl)cc2)OC1. The van der Waals surface area contributed by atoms with E-state index in [9.17, 15) is 9.90 Å². The van der Waals surface area contributed by atoms with Crippen molar-refractivity contribution < 1.29 is 19.4 Å². The zero-order valence-corrected chi connectivity index (χ0v) is 10.1. The molecule has 1 aliphatic heterocycles. The maximum Gasteiger partial charge on any atom is 0.183 e. The molecule has 17 heavy (non-hydrogen) atoms. The monoisotopic (exact) mass is 255 g/mol. The summed E-state index contributed by atoms with van der Waals surface area (Å²) in [6, 6.07) is 7.04. The molecule has 1 aromatic carbocycles. The van der Waals surface area contributed by atoms with E-state index in [1.165, 1.54) is 0 Å². The van der Waals surface area contributed by atoms with Gasteiger partial charge in [-0.2, -0.15) is 0 Å². The molecule has 92 valence electrons. The largest absolute Gasteiger partial charge is 0.549 e. The van der Waals surface area contributed by atoms with Gasteiger partial charge in [-0.3, -0.25) is 0 Å². The van der Waals surface area contributed by atoms with E-state index in [0.29, 0.717) is 5.02 Å². The first-order valence-electron chi connectivity index (χ1n) is 5.21. The van der Waals surface area contributed by atoms with Crippen molar-refractivity contribution in [2.45, 2.75) is 13.2 Å². The molecule has 4 nitrogen and oxygen atoms in total. The van der Waals surface area contributed by atoms with Crippen LogP contribution in [-0.2, 0) is 14.3 Å². The molecule has 0 bridgehead atoms. The molecule has 0 aromatic heterocycles. The molecule has 0 unspecified atom stereocenters. The quantitative estimate of drug-likeness (QED) is 0.795. The smallest absolute Gasteiger partial charge is 0.183 e. The van der Waals surface area contributed by atoms with Crippen LogP contribution >= 0.6 is 11.6 Å². The van der Waals surface area contributed by atoms with Crippen LogP contribution in [0.5, 0.6) is 0 Å². The van der Waals surface area contributed by atoms with Crippen LogP contribution in [-0.4, -0.2) is 19.2 Å². The minimum Gasteiger partial charge on any atom is -0.549 e. The second-order valence-electron chi connectivity index (χ2n) is 4.35. The summed E-state index contributed by atoms with van der Waals surface area (Å²) < 4.78 is 10.8. The summed E-state index contributed by atoms with van der Waals surface area (Å²) in [6.45, 7) is 1.69. The predicted molar refractivity (Wildman–Crippen MR) is 59.2 cm³/mol. The third-order valence-electron chi connectivity index (χ3n) is 2.74. The molecule has 0 aliphatic carbocycles. The molecule has 1 fully saturated rings. The number of hydrogen-bond donors (Lipinski definition) is 0. The van der Waals surface area contributed by atoms with E-state index < -0.39 is 17.7 Å². The fourth-order valence-electron chi connectivity index (χ4n) is 1.54. The summed E-state index contributed by atoms with van der Waals surface area (Å²) >= 11 is 5.77. The van der Waals surface area contributed by atoms with Crippen molar-refractivity contribution in [3.8, 4) is 0 Å². The van der Waals surface area contributed by atoms with Crippen LogP contribution in [0.15, 0.2) is 24.3 Å². The summed E-state index contributed by atoms with van der Waals surface area (Å²) in [4.78, 5) is 10.9. The number of aliphatic carboxylic acids is 1. The number of carboxylic acid groups (broad SMARTS) is 1. The van der Waals surface area contributed by atoms with Gasteiger partial charge in [-0.25, -0.2) is 0 Å². The predicted octanol–water partition coefficient (Wildman–Crippen LogP) is 1.14. The number of ether oxygens (including phenoxy) is 2. The highest BCUT2D eigenvalue weighted by molar-refractivity contribution is 6.30. The van der Waals surface area contributed by atoms with Crippen LogP contribution in [0.1, 0.15) is 18.8 Å². The fourth-order valence-corrected chi connectivity index (χ4v) is 1.67. The van der Waals surface area contributed by atoms with Gasteiger partial charge in [-0.1, -0.05) is 23.7 Å². The van der Waals surface area contributed by atoms with E-state index >= 15 is 0 Å². The number of rotatable bonds is 2. The Morgan fingerprint density at radius 2 is 1.88 bits per heavy atom. The van der Waals surface area contributed by atoms with Gasteiger partial charge in [-0.15, -0.1) is 0 Å². The second kappa shape index (κ2) is 4.64. The Labute approximate surface area is 104 Å². The lowest BCUT2D eigenvalue weighted by molar-refractivity contribution is -0.334. The van der Waals surface area contributed by atoms with Gasteiger partial charge in [0.25, 0.3) is 0 Å². The summed E-state index contributed by atoms with van der Waals surface area (Å²) in [7, 11) is 0. The van der Waals surface area contributed by atoms with E-state index in [1.807, 2.05) is 0 Å². The summed E-state index contributed by atoms with van der Waals surface area (Å²) in [5.74, 6) is -1.16. The molecule has 0 amide bonds. The van der Waals surface area contributed by atoms with Gasteiger partial charge in [0.1, 0.15) is 0 Å². The molecule has 1 aliphatic rings. The van der Waals surface area contributed by atoms with E-state index in [2.05, 4.69) is 0 Å². The number of halogens is 1. The topological polar surface area (TPSA) is 58.6 Å². The van der Waals surface area contributed by atoms with Gasteiger partial charge >= 0.3 is 0 Å². The van der Waals surface area contributed by atoms with Gasteiger partial charge in [0.2, 0.25) is 0 Å². The van der Waals surface area contributed by atoms with Crippen molar-refractivity contribution in [3.63, 3.8) is 0 Å². The molecule has 5 heteroatoms. The van der Waals surface area contributed by atoms with E-state index in [-0.39, 0.29) is 13.2 Å². The van der Waals surface area contributed by atoms with Gasteiger partial charge in [-0.05, 0) is 19.1 Å². The van der Waals surface area contributed by atoms with Crippen LogP contribution < -0.4 is 5.11 Å². The second-order valence-corrected chi connectivity index (χ2v) is 4.79. The Balaban J connectivity index is 2.04. The first-order valence-corrected chi connectivity index (χ1v) is 5.59. The average Bonchev–Trinajstić information content (AvgIpc) is 2.31. The normalized spacial score (nSPS) is 28.9. The molecule has 0 saturated carbocycles. The lowest BCUT2D eigenvalue weighted by Gasteiger charge is -2.37. The number of benzene rings is 1. The first-order chi connectivity index (χ1) is 8.01. The van der Waals surface area contributed by atoms with Crippen LogP contribution in [0, 0.1) is 5.41 Å². The number of carbonyl (C=O) groups excluding carboxylic acids is 1. The maximum atomic E-state index is 10.9. The average molecular weight is 256 g/mol. The van der Waals surface area contributed by atoms with E-state index in [4.69, 9.17) is 21.1 Å². The zero-order valence-electron chi connectivity index (χ0n) is 9.31. The Hall–Kier alpha value is -1.10.